The van der Waals surface area contributed by atoms with Crippen LogP contribution in [0, 0.1) is 0 Å². The highest BCUT2D eigenvalue weighted by atomic mass is 35.5. The van der Waals surface area contributed by atoms with Gasteiger partial charge in [0.1, 0.15) is 18.0 Å². The van der Waals surface area contributed by atoms with Crippen LogP contribution >= 0.6 is 11.6 Å². The van der Waals surface area contributed by atoms with Crippen LogP contribution in [0.15, 0.2) is 22.9 Å². The summed E-state index contributed by atoms with van der Waals surface area (Å²) in [7, 11) is -3.70. The molecule has 1 aliphatic heterocycles. The topological polar surface area (TPSA) is 90.7 Å². The fourth-order valence-electron chi connectivity index (χ4n) is 1.64. The van der Waals surface area contributed by atoms with Gasteiger partial charge in [-0.05, 0) is 12.2 Å². The Morgan fingerprint density at radius 2 is 2.29 bits per heavy atom. The second-order valence-corrected chi connectivity index (χ2v) is 5.71. The highest BCUT2D eigenvalue weighted by Crippen LogP contribution is 2.29. The monoisotopic (exact) mass is 280 g/mol. The molecule has 1 fully saturated rings. The first-order valence-corrected chi connectivity index (χ1v) is 6.98. The predicted octanol–water partition coefficient (Wildman–Crippen LogP) is -0.0262. The number of halogens is 1. The smallest absolute Gasteiger partial charge is 0.274 e. The third-order valence-corrected chi connectivity index (χ3v) is 3.27. The van der Waals surface area contributed by atoms with Gasteiger partial charge >= 0.3 is 0 Å². The average molecular weight is 281 g/mol. The fraction of sp³-hybridized carbons (Fsp3) is 0.556. The van der Waals surface area contributed by atoms with Gasteiger partial charge in [-0.3, -0.25) is 0 Å². The number of nitrogens with two attached hydrogens (primary N) is 1. The Balaban J connectivity index is 1.93. The lowest BCUT2D eigenvalue weighted by atomic mass is 10.1. The van der Waals surface area contributed by atoms with Crippen molar-refractivity contribution in [2.75, 3.05) is 13.2 Å². The summed E-state index contributed by atoms with van der Waals surface area (Å²) in [6.07, 6.45) is 3.52. The molecule has 0 aromatic rings. The van der Waals surface area contributed by atoms with Crippen molar-refractivity contribution in [2.45, 2.75) is 18.6 Å². The van der Waals surface area contributed by atoms with E-state index in [9.17, 15) is 8.42 Å². The molecule has 0 aromatic heterocycles. The van der Waals surface area contributed by atoms with Crippen LogP contribution in [0.4, 0.5) is 0 Å². The molecular formula is C9H13ClN2O4S. The molecular weight excluding hydrogens is 268 g/mol. The third-order valence-electron chi connectivity index (χ3n) is 2.42. The molecule has 1 heterocycles. The molecule has 1 aliphatic carbocycles. The summed E-state index contributed by atoms with van der Waals surface area (Å²) in [4.78, 5) is 0. The number of nitrogens with one attached hydrogen (secondary N) is 1. The summed E-state index contributed by atoms with van der Waals surface area (Å²) >= 11 is 5.87. The Hall–Kier alpha value is -0.600. The van der Waals surface area contributed by atoms with E-state index in [0.717, 1.165) is 0 Å². The number of allylic oxidation sites excluding steroid dienone is 2. The zero-order valence-electron chi connectivity index (χ0n) is 8.93. The third kappa shape index (κ3) is 3.68. The van der Waals surface area contributed by atoms with Crippen LogP contribution in [0.1, 0.15) is 6.42 Å². The van der Waals surface area contributed by atoms with Crippen molar-refractivity contribution in [1.82, 2.24) is 4.72 Å². The molecule has 0 saturated carbocycles. The van der Waals surface area contributed by atoms with Gasteiger partial charge in [0.15, 0.2) is 0 Å². The highest BCUT2D eigenvalue weighted by molar-refractivity contribution is 7.87. The quantitative estimate of drug-likeness (QED) is 0.760. The normalized spacial score (nSPS) is 28.8. The van der Waals surface area contributed by atoms with Gasteiger partial charge in [-0.1, -0.05) is 11.6 Å². The van der Waals surface area contributed by atoms with Crippen LogP contribution in [0.3, 0.4) is 0 Å². The minimum Gasteiger partial charge on any atom is -0.488 e. The predicted molar refractivity (Wildman–Crippen MR) is 62.4 cm³/mol. The van der Waals surface area contributed by atoms with Crippen LogP contribution in [-0.2, 0) is 19.7 Å². The van der Waals surface area contributed by atoms with Gasteiger partial charge in [0.05, 0.1) is 13.2 Å². The second-order valence-electron chi connectivity index (χ2n) is 3.84. The van der Waals surface area contributed by atoms with E-state index in [1.807, 2.05) is 0 Å². The Labute approximate surface area is 105 Å². The first-order valence-electron chi connectivity index (χ1n) is 5.06. The average Bonchev–Trinajstić information content (AvgIpc) is 2.25. The molecule has 3 N–H and O–H groups in total. The molecule has 0 spiro atoms. The molecule has 2 atom stereocenters. The zero-order chi connectivity index (χ0) is 12.5. The van der Waals surface area contributed by atoms with E-state index < -0.39 is 10.2 Å². The van der Waals surface area contributed by atoms with Crippen molar-refractivity contribution in [2.24, 2.45) is 5.14 Å². The molecule has 0 aromatic carbocycles. The van der Waals surface area contributed by atoms with Crippen LogP contribution in [-0.4, -0.2) is 33.8 Å². The number of rotatable bonds is 3. The summed E-state index contributed by atoms with van der Waals surface area (Å²) < 4.78 is 34.7. The summed E-state index contributed by atoms with van der Waals surface area (Å²) in [5, 5.41) is 5.54. The molecule has 17 heavy (non-hydrogen) atoms. The lowest BCUT2D eigenvalue weighted by molar-refractivity contribution is -0.0851. The maximum atomic E-state index is 10.7. The molecule has 1 saturated heterocycles. The summed E-state index contributed by atoms with van der Waals surface area (Å²) in [6.45, 7) is 0.384. The van der Waals surface area contributed by atoms with Crippen molar-refractivity contribution >= 4 is 21.8 Å². The summed E-state index contributed by atoms with van der Waals surface area (Å²) in [5.74, 6) is 0.668. The SMILES string of the molecule is NS(=O)(=O)NC[C@H]1COC2CC(Cl)=CC=C2O1. The molecule has 96 valence electrons. The largest absolute Gasteiger partial charge is 0.488 e. The fourth-order valence-corrected chi connectivity index (χ4v) is 2.26. The van der Waals surface area contributed by atoms with Crippen molar-refractivity contribution in [3.05, 3.63) is 22.9 Å². The van der Waals surface area contributed by atoms with E-state index in [2.05, 4.69) is 4.72 Å². The van der Waals surface area contributed by atoms with Crippen LogP contribution < -0.4 is 9.86 Å². The van der Waals surface area contributed by atoms with Gasteiger partial charge < -0.3 is 9.47 Å². The molecule has 1 unspecified atom stereocenters. The van der Waals surface area contributed by atoms with Gasteiger partial charge in [0, 0.05) is 11.5 Å². The lowest BCUT2D eigenvalue weighted by Gasteiger charge is -2.33. The van der Waals surface area contributed by atoms with E-state index in [1.54, 1.807) is 12.2 Å². The van der Waals surface area contributed by atoms with Crippen molar-refractivity contribution in [1.29, 1.82) is 0 Å². The number of hydrogen-bond acceptors (Lipinski definition) is 4. The van der Waals surface area contributed by atoms with Gasteiger partial charge in [-0.25, -0.2) is 5.14 Å². The lowest BCUT2D eigenvalue weighted by Crippen LogP contribution is -2.43. The number of fused-ring (bicyclic) bond motifs is 1. The molecule has 8 heteroatoms. The number of ether oxygens (including phenoxy) is 2. The Morgan fingerprint density at radius 3 is 3.00 bits per heavy atom. The van der Waals surface area contributed by atoms with Crippen molar-refractivity contribution in [3.63, 3.8) is 0 Å². The van der Waals surface area contributed by atoms with E-state index in [-0.39, 0.29) is 18.8 Å². The summed E-state index contributed by atoms with van der Waals surface area (Å²) in [6, 6.07) is 0. The van der Waals surface area contributed by atoms with E-state index in [0.29, 0.717) is 23.8 Å². The second kappa shape index (κ2) is 4.95. The maximum Gasteiger partial charge on any atom is 0.274 e. The van der Waals surface area contributed by atoms with Crippen LogP contribution in [0.2, 0.25) is 0 Å². The molecule has 0 radical (unpaired) electrons. The van der Waals surface area contributed by atoms with Gasteiger partial charge in [0.2, 0.25) is 0 Å². The molecule has 0 bridgehead atoms. The maximum absolute atomic E-state index is 10.7. The standard InChI is InChI=1S/C9H13ClN2O4S/c10-6-1-2-8-9(3-6)15-5-7(16-8)4-12-17(11,13)14/h1-2,7,9,12H,3-5H2,(H2,11,13,14)/t7-,9?/m0/s1. The first-order chi connectivity index (χ1) is 7.94. The minimum absolute atomic E-state index is 0.0837. The van der Waals surface area contributed by atoms with Gasteiger partial charge in [-0.2, -0.15) is 13.1 Å². The molecule has 2 aliphatic rings. The Morgan fingerprint density at radius 1 is 1.53 bits per heavy atom. The van der Waals surface area contributed by atoms with Crippen molar-refractivity contribution in [3.8, 4) is 0 Å². The van der Waals surface area contributed by atoms with Crippen molar-refractivity contribution < 1.29 is 17.9 Å². The van der Waals surface area contributed by atoms with Crippen LogP contribution in [0.25, 0.3) is 0 Å². The zero-order valence-corrected chi connectivity index (χ0v) is 10.5. The Bertz CT molecular complexity index is 460. The highest BCUT2D eigenvalue weighted by Gasteiger charge is 2.29. The van der Waals surface area contributed by atoms with E-state index >= 15 is 0 Å². The Kier molecular flexibility index (Phi) is 3.74. The molecule has 6 nitrogen and oxygen atoms in total. The number of hydrogen-bond donors (Lipinski definition) is 2. The van der Waals surface area contributed by atoms with Gasteiger partial charge in [0.25, 0.3) is 10.2 Å². The summed E-state index contributed by atoms with van der Waals surface area (Å²) in [5.41, 5.74) is 0. The first kappa shape index (κ1) is 12.8. The molecule has 0 amide bonds. The molecule has 2 rings (SSSR count). The van der Waals surface area contributed by atoms with E-state index in [4.69, 9.17) is 26.2 Å². The van der Waals surface area contributed by atoms with E-state index in [1.165, 1.54) is 0 Å². The van der Waals surface area contributed by atoms with Crippen LogP contribution in [0.5, 0.6) is 0 Å². The van der Waals surface area contributed by atoms with Gasteiger partial charge in [-0.15, -0.1) is 0 Å². The minimum atomic E-state index is -3.70.